The minimum Gasteiger partial charge on any atom is -0.491 e. The van der Waals surface area contributed by atoms with Crippen molar-refractivity contribution in [3.8, 4) is 5.75 Å². The lowest BCUT2D eigenvalue weighted by molar-refractivity contribution is -0.117. The van der Waals surface area contributed by atoms with Crippen molar-refractivity contribution >= 4 is 11.7 Å². The van der Waals surface area contributed by atoms with Crippen LogP contribution in [0.25, 0.3) is 0 Å². The maximum atomic E-state index is 12.3. The number of nitrogens with zero attached hydrogens (tertiary/aromatic N) is 4. The summed E-state index contributed by atoms with van der Waals surface area (Å²) in [5.41, 5.74) is 0.260. The minimum atomic E-state index is -0.390. The SMILES string of the molecule is CC(C)COc1cc(=O)n(CC(=O)Nc2ccncn2)nc1C(C)C. The van der Waals surface area contributed by atoms with Crippen molar-refractivity contribution in [3.63, 3.8) is 0 Å². The number of carbonyl (C=O) groups is 1. The summed E-state index contributed by atoms with van der Waals surface area (Å²) in [6.07, 6.45) is 2.85. The number of carbonyl (C=O) groups excluding carboxylic acids is 1. The molecule has 134 valence electrons. The number of hydrogen-bond acceptors (Lipinski definition) is 6. The molecule has 2 rings (SSSR count). The van der Waals surface area contributed by atoms with Crippen LogP contribution in [0.5, 0.6) is 5.75 Å². The second-order valence-electron chi connectivity index (χ2n) is 6.39. The fraction of sp³-hybridized carbons (Fsp3) is 0.471. The highest BCUT2D eigenvalue weighted by Crippen LogP contribution is 2.22. The molecule has 0 saturated carbocycles. The van der Waals surface area contributed by atoms with Crippen LogP contribution in [0.3, 0.4) is 0 Å². The first-order valence-corrected chi connectivity index (χ1v) is 8.17. The molecule has 0 aliphatic heterocycles. The lowest BCUT2D eigenvalue weighted by atomic mass is 10.1. The topological polar surface area (TPSA) is 99.0 Å². The van der Waals surface area contributed by atoms with E-state index in [-0.39, 0.29) is 23.9 Å². The van der Waals surface area contributed by atoms with Gasteiger partial charge < -0.3 is 10.1 Å². The normalized spacial score (nSPS) is 11.0. The first kappa shape index (κ1) is 18.6. The largest absolute Gasteiger partial charge is 0.491 e. The van der Waals surface area contributed by atoms with Gasteiger partial charge in [-0.2, -0.15) is 5.10 Å². The van der Waals surface area contributed by atoms with Gasteiger partial charge in [0, 0.05) is 18.2 Å². The lowest BCUT2D eigenvalue weighted by Gasteiger charge is -2.16. The van der Waals surface area contributed by atoms with E-state index in [1.807, 2.05) is 27.7 Å². The molecule has 0 atom stereocenters. The van der Waals surface area contributed by atoms with Crippen LogP contribution < -0.4 is 15.6 Å². The zero-order valence-corrected chi connectivity index (χ0v) is 14.9. The van der Waals surface area contributed by atoms with E-state index < -0.39 is 0 Å². The molecule has 0 aliphatic carbocycles. The van der Waals surface area contributed by atoms with Crippen LogP contribution >= 0.6 is 0 Å². The van der Waals surface area contributed by atoms with Gasteiger partial charge in [-0.25, -0.2) is 14.6 Å². The molecular formula is C17H23N5O3. The predicted octanol–water partition coefficient (Wildman–Crippen LogP) is 1.83. The smallest absolute Gasteiger partial charge is 0.270 e. The fourth-order valence-electron chi connectivity index (χ4n) is 2.06. The lowest BCUT2D eigenvalue weighted by Crippen LogP contribution is -2.31. The standard InChI is InChI=1S/C17H23N5O3/c1-11(2)9-25-13-7-16(24)22(21-17(13)12(3)4)8-15(23)20-14-5-6-18-10-19-14/h5-7,10-12H,8-9H2,1-4H3,(H,18,19,20,23). The molecule has 0 fully saturated rings. The van der Waals surface area contributed by atoms with E-state index in [2.05, 4.69) is 20.4 Å². The van der Waals surface area contributed by atoms with Gasteiger partial charge >= 0.3 is 0 Å². The number of anilines is 1. The van der Waals surface area contributed by atoms with Crippen LogP contribution in [-0.2, 0) is 11.3 Å². The Bertz CT molecular complexity index is 772. The summed E-state index contributed by atoms with van der Waals surface area (Å²) in [4.78, 5) is 32.1. The summed E-state index contributed by atoms with van der Waals surface area (Å²) in [6, 6.07) is 2.96. The summed E-state index contributed by atoms with van der Waals surface area (Å²) in [6.45, 7) is 8.27. The second-order valence-corrected chi connectivity index (χ2v) is 6.39. The van der Waals surface area contributed by atoms with E-state index in [1.165, 1.54) is 18.6 Å². The number of aromatic nitrogens is 4. The Morgan fingerprint density at radius 2 is 2.08 bits per heavy atom. The molecule has 0 saturated heterocycles. The Kier molecular flexibility index (Phi) is 6.21. The zero-order valence-electron chi connectivity index (χ0n) is 14.9. The summed E-state index contributed by atoms with van der Waals surface area (Å²) < 4.78 is 6.84. The molecule has 25 heavy (non-hydrogen) atoms. The Morgan fingerprint density at radius 3 is 2.68 bits per heavy atom. The molecular weight excluding hydrogens is 322 g/mol. The highest BCUT2D eigenvalue weighted by Gasteiger charge is 2.16. The maximum Gasteiger partial charge on any atom is 0.270 e. The second kappa shape index (κ2) is 8.36. The first-order valence-electron chi connectivity index (χ1n) is 8.17. The predicted molar refractivity (Wildman–Crippen MR) is 93.6 cm³/mol. The molecule has 0 radical (unpaired) electrons. The first-order chi connectivity index (χ1) is 11.9. The third-order valence-electron chi connectivity index (χ3n) is 3.25. The molecule has 2 aromatic heterocycles. The van der Waals surface area contributed by atoms with Crippen molar-refractivity contribution in [1.82, 2.24) is 19.7 Å². The van der Waals surface area contributed by atoms with E-state index in [4.69, 9.17) is 4.74 Å². The number of nitrogens with one attached hydrogen (secondary N) is 1. The van der Waals surface area contributed by atoms with Crippen LogP contribution in [-0.4, -0.2) is 32.3 Å². The summed E-state index contributed by atoms with van der Waals surface area (Å²) in [7, 11) is 0. The highest BCUT2D eigenvalue weighted by molar-refractivity contribution is 5.89. The number of rotatable bonds is 7. The molecule has 8 heteroatoms. The Labute approximate surface area is 146 Å². The fourth-order valence-corrected chi connectivity index (χ4v) is 2.06. The van der Waals surface area contributed by atoms with E-state index >= 15 is 0 Å². The van der Waals surface area contributed by atoms with Gasteiger partial charge in [-0.1, -0.05) is 27.7 Å². The molecule has 2 aromatic rings. The van der Waals surface area contributed by atoms with E-state index in [0.29, 0.717) is 29.8 Å². The number of amides is 1. The Hall–Kier alpha value is -2.77. The van der Waals surface area contributed by atoms with Crippen molar-refractivity contribution in [2.75, 3.05) is 11.9 Å². The molecule has 0 unspecified atom stereocenters. The van der Waals surface area contributed by atoms with Crippen molar-refractivity contribution in [3.05, 3.63) is 40.7 Å². The van der Waals surface area contributed by atoms with Gasteiger partial charge in [0.05, 0.1) is 6.61 Å². The highest BCUT2D eigenvalue weighted by atomic mass is 16.5. The van der Waals surface area contributed by atoms with Gasteiger partial charge in [-0.15, -0.1) is 0 Å². The van der Waals surface area contributed by atoms with Crippen LogP contribution in [0, 0.1) is 5.92 Å². The quantitative estimate of drug-likeness (QED) is 0.822. The van der Waals surface area contributed by atoms with Crippen LogP contribution in [0.15, 0.2) is 29.5 Å². The molecule has 0 bridgehead atoms. The molecule has 1 amide bonds. The Balaban J connectivity index is 2.19. The summed E-state index contributed by atoms with van der Waals surface area (Å²) >= 11 is 0. The van der Waals surface area contributed by atoms with Gasteiger partial charge in [-0.3, -0.25) is 9.59 Å². The number of ether oxygens (including phenoxy) is 1. The zero-order chi connectivity index (χ0) is 18.4. The van der Waals surface area contributed by atoms with Crippen LogP contribution in [0.4, 0.5) is 5.82 Å². The average Bonchev–Trinajstić information content (AvgIpc) is 2.55. The molecule has 1 N–H and O–H groups in total. The van der Waals surface area contributed by atoms with Crippen LogP contribution in [0.2, 0.25) is 0 Å². The molecule has 0 spiro atoms. The van der Waals surface area contributed by atoms with Gasteiger partial charge in [0.15, 0.2) is 0 Å². The summed E-state index contributed by atoms with van der Waals surface area (Å²) in [5, 5.41) is 6.92. The van der Waals surface area contributed by atoms with Gasteiger partial charge in [-0.05, 0) is 12.0 Å². The summed E-state index contributed by atoms with van der Waals surface area (Å²) in [5.74, 6) is 0.842. The maximum absolute atomic E-state index is 12.3. The average molecular weight is 345 g/mol. The van der Waals surface area contributed by atoms with Crippen molar-refractivity contribution in [1.29, 1.82) is 0 Å². The Morgan fingerprint density at radius 1 is 1.32 bits per heavy atom. The van der Waals surface area contributed by atoms with E-state index in [1.54, 1.807) is 6.07 Å². The van der Waals surface area contributed by atoms with E-state index in [0.717, 1.165) is 4.68 Å². The van der Waals surface area contributed by atoms with Crippen molar-refractivity contribution in [2.24, 2.45) is 5.92 Å². The van der Waals surface area contributed by atoms with Crippen LogP contribution in [0.1, 0.15) is 39.3 Å². The molecule has 0 aromatic carbocycles. The van der Waals surface area contributed by atoms with Gasteiger partial charge in [0.2, 0.25) is 5.91 Å². The number of hydrogen-bond donors (Lipinski definition) is 1. The van der Waals surface area contributed by atoms with Gasteiger partial charge in [0.25, 0.3) is 5.56 Å². The third kappa shape index (κ3) is 5.37. The van der Waals surface area contributed by atoms with Crippen molar-refractivity contribution < 1.29 is 9.53 Å². The molecule has 8 nitrogen and oxygen atoms in total. The third-order valence-corrected chi connectivity index (χ3v) is 3.25. The molecule has 0 aliphatic rings. The molecule has 2 heterocycles. The monoisotopic (exact) mass is 345 g/mol. The van der Waals surface area contributed by atoms with Crippen molar-refractivity contribution in [2.45, 2.75) is 40.2 Å². The van der Waals surface area contributed by atoms with Gasteiger partial charge in [0.1, 0.15) is 30.1 Å². The minimum absolute atomic E-state index is 0.0546. The van der Waals surface area contributed by atoms with E-state index in [9.17, 15) is 9.59 Å².